The molecular formula is C21H23N5O4S. The van der Waals surface area contributed by atoms with E-state index in [4.69, 9.17) is 0 Å². The fraction of sp³-hybridized carbons (Fsp3) is 0.238. The van der Waals surface area contributed by atoms with Crippen LogP contribution in [-0.4, -0.2) is 30.4 Å². The second-order valence-corrected chi connectivity index (χ2v) is 8.79. The fourth-order valence-electron chi connectivity index (χ4n) is 2.94. The first-order valence-corrected chi connectivity index (χ1v) is 11.3. The van der Waals surface area contributed by atoms with E-state index in [0.29, 0.717) is 35.7 Å². The summed E-state index contributed by atoms with van der Waals surface area (Å²) in [4.78, 5) is 19.5. The highest BCUT2D eigenvalue weighted by Crippen LogP contribution is 2.22. The second kappa shape index (κ2) is 9.63. The average molecular weight is 442 g/mol. The third-order valence-electron chi connectivity index (χ3n) is 4.61. The van der Waals surface area contributed by atoms with Crippen LogP contribution in [0, 0.1) is 10.1 Å². The third-order valence-corrected chi connectivity index (χ3v) is 5.95. The number of anilines is 1. The molecule has 0 bridgehead atoms. The molecule has 10 heteroatoms. The van der Waals surface area contributed by atoms with Crippen molar-refractivity contribution in [3.05, 3.63) is 81.5 Å². The summed E-state index contributed by atoms with van der Waals surface area (Å²) < 4.78 is 25.9. The quantitative estimate of drug-likeness (QED) is 0.385. The lowest BCUT2D eigenvalue weighted by Gasteiger charge is -2.11. The summed E-state index contributed by atoms with van der Waals surface area (Å²) >= 11 is 0. The summed E-state index contributed by atoms with van der Waals surface area (Å²) in [6, 6.07) is 15.3. The Balaban J connectivity index is 1.79. The average Bonchev–Trinajstić information content (AvgIpc) is 2.77. The smallest absolute Gasteiger partial charge is 0.269 e. The third kappa shape index (κ3) is 6.06. The number of aromatic nitrogens is 2. The Morgan fingerprint density at radius 1 is 1.03 bits per heavy atom. The van der Waals surface area contributed by atoms with Gasteiger partial charge in [0.05, 0.1) is 10.7 Å². The molecule has 0 aliphatic rings. The molecule has 0 aliphatic carbocycles. The highest BCUT2D eigenvalue weighted by molar-refractivity contribution is 7.88. The summed E-state index contributed by atoms with van der Waals surface area (Å²) in [6.07, 6.45) is 0.703. The maximum atomic E-state index is 11.8. The van der Waals surface area contributed by atoms with Gasteiger partial charge in [-0.15, -0.1) is 0 Å². The molecule has 0 aliphatic heterocycles. The van der Waals surface area contributed by atoms with Crippen LogP contribution in [0.3, 0.4) is 0 Å². The number of nitrogens with zero attached hydrogens (tertiary/aromatic N) is 3. The van der Waals surface area contributed by atoms with E-state index in [1.807, 2.05) is 31.2 Å². The van der Waals surface area contributed by atoms with Gasteiger partial charge in [-0.1, -0.05) is 31.2 Å². The Labute approximate surface area is 180 Å². The number of hydrogen-bond donors (Lipinski definition) is 2. The lowest BCUT2D eigenvalue weighted by Crippen LogP contribution is -2.20. The van der Waals surface area contributed by atoms with E-state index in [1.165, 1.54) is 19.2 Å². The van der Waals surface area contributed by atoms with Gasteiger partial charge < -0.3 is 5.32 Å². The van der Waals surface area contributed by atoms with E-state index in [1.54, 1.807) is 18.2 Å². The van der Waals surface area contributed by atoms with Crippen molar-refractivity contribution in [3.63, 3.8) is 0 Å². The van der Waals surface area contributed by atoms with E-state index < -0.39 is 14.9 Å². The van der Waals surface area contributed by atoms with Crippen LogP contribution in [0.4, 0.5) is 11.5 Å². The number of sulfonamides is 1. The van der Waals surface area contributed by atoms with Crippen molar-refractivity contribution < 1.29 is 13.3 Å². The highest BCUT2D eigenvalue weighted by atomic mass is 32.2. The van der Waals surface area contributed by atoms with Gasteiger partial charge in [-0.2, -0.15) is 0 Å². The topological polar surface area (TPSA) is 127 Å². The van der Waals surface area contributed by atoms with Gasteiger partial charge in [0.2, 0.25) is 10.0 Å². The normalized spacial score (nSPS) is 11.3. The molecule has 9 nitrogen and oxygen atoms in total. The molecule has 2 N–H and O–H groups in total. The van der Waals surface area contributed by atoms with E-state index >= 15 is 0 Å². The molecule has 1 aromatic heterocycles. The predicted octanol–water partition coefficient (Wildman–Crippen LogP) is 3.28. The summed E-state index contributed by atoms with van der Waals surface area (Å²) in [7, 11) is -1.95. The summed E-state index contributed by atoms with van der Waals surface area (Å²) in [5.41, 5.74) is 3.13. The molecule has 0 radical (unpaired) electrons. The minimum atomic E-state index is -3.34. The maximum Gasteiger partial charge on any atom is 0.269 e. The number of nitrogens with one attached hydrogen (secondary N) is 2. The zero-order valence-electron chi connectivity index (χ0n) is 17.2. The zero-order chi connectivity index (χ0) is 22.4. The molecule has 2 aromatic carbocycles. The Bertz CT molecular complexity index is 1180. The molecule has 0 atom stereocenters. The molecule has 0 saturated heterocycles. The maximum absolute atomic E-state index is 11.8. The predicted molar refractivity (Wildman–Crippen MR) is 119 cm³/mol. The van der Waals surface area contributed by atoms with Crippen molar-refractivity contribution in [3.8, 4) is 11.4 Å². The fourth-order valence-corrected chi connectivity index (χ4v) is 3.71. The molecule has 3 aromatic rings. The van der Waals surface area contributed by atoms with Crippen LogP contribution >= 0.6 is 0 Å². The van der Waals surface area contributed by atoms with Crippen molar-refractivity contribution in [2.45, 2.75) is 25.6 Å². The van der Waals surface area contributed by atoms with Crippen LogP contribution in [0.5, 0.6) is 0 Å². The first-order valence-electron chi connectivity index (χ1n) is 9.65. The van der Waals surface area contributed by atoms with Crippen LogP contribution < -0.4 is 10.0 Å². The largest absolute Gasteiger partial charge is 0.366 e. The molecule has 1 heterocycles. The molecule has 31 heavy (non-hydrogen) atoms. The van der Waals surface area contributed by atoms with Gasteiger partial charge in [-0.25, -0.2) is 23.1 Å². The Kier molecular flexibility index (Phi) is 6.93. The Hall–Kier alpha value is -3.37. The first-order chi connectivity index (χ1) is 14.8. The minimum Gasteiger partial charge on any atom is -0.366 e. The lowest BCUT2D eigenvalue weighted by molar-refractivity contribution is -0.384. The molecule has 3 rings (SSSR count). The molecule has 0 unspecified atom stereocenters. The Morgan fingerprint density at radius 3 is 2.39 bits per heavy atom. The summed E-state index contributed by atoms with van der Waals surface area (Å²) in [6.45, 7) is 2.44. The van der Waals surface area contributed by atoms with Gasteiger partial charge in [0.1, 0.15) is 5.82 Å². The molecule has 0 spiro atoms. The molecule has 0 saturated carbocycles. The lowest BCUT2D eigenvalue weighted by atomic mass is 10.1. The van der Waals surface area contributed by atoms with Crippen LogP contribution in [0.25, 0.3) is 11.4 Å². The van der Waals surface area contributed by atoms with Crippen molar-refractivity contribution in [1.82, 2.24) is 14.7 Å². The zero-order valence-corrected chi connectivity index (χ0v) is 18.0. The number of non-ortho nitro benzene ring substituents is 1. The van der Waals surface area contributed by atoms with Crippen molar-refractivity contribution in [2.24, 2.45) is 0 Å². The van der Waals surface area contributed by atoms with Crippen molar-refractivity contribution in [1.29, 1.82) is 0 Å². The highest BCUT2D eigenvalue weighted by Gasteiger charge is 2.11. The molecule has 0 fully saturated rings. The Morgan fingerprint density at radius 2 is 1.74 bits per heavy atom. The van der Waals surface area contributed by atoms with Crippen molar-refractivity contribution >= 4 is 21.5 Å². The number of nitro groups is 1. The SMILES string of the molecule is CCc1cc(NCc2cccc(CS(=O)(=O)NC)c2)nc(-c2ccc([N+](=O)[O-])cc2)n1. The number of nitro benzene ring substituents is 1. The number of benzene rings is 2. The van der Waals surface area contributed by atoms with Gasteiger partial charge in [0.15, 0.2) is 5.82 Å². The van der Waals surface area contributed by atoms with Crippen LogP contribution in [0.1, 0.15) is 23.7 Å². The first kappa shape index (κ1) is 22.3. The molecule has 162 valence electrons. The van der Waals surface area contributed by atoms with Crippen molar-refractivity contribution in [2.75, 3.05) is 12.4 Å². The van der Waals surface area contributed by atoms with E-state index in [-0.39, 0.29) is 11.4 Å². The standard InChI is InChI=1S/C21H23N5O4S/c1-3-18-12-20(25-21(24-18)17-7-9-19(10-8-17)26(27)28)23-13-15-5-4-6-16(11-15)14-31(29,30)22-2/h4-12,22H,3,13-14H2,1-2H3,(H,23,24,25). The molecular weight excluding hydrogens is 418 g/mol. The summed E-state index contributed by atoms with van der Waals surface area (Å²) in [5, 5.41) is 14.1. The van der Waals surface area contributed by atoms with Gasteiger partial charge in [0, 0.05) is 36.0 Å². The number of rotatable bonds is 9. The van der Waals surface area contributed by atoms with E-state index in [2.05, 4.69) is 20.0 Å². The number of hydrogen-bond acceptors (Lipinski definition) is 7. The van der Waals surface area contributed by atoms with Crippen LogP contribution in [-0.2, 0) is 28.7 Å². The van der Waals surface area contributed by atoms with E-state index in [0.717, 1.165) is 11.3 Å². The van der Waals surface area contributed by atoms with Crippen LogP contribution in [0.2, 0.25) is 0 Å². The monoisotopic (exact) mass is 441 g/mol. The van der Waals surface area contributed by atoms with Crippen LogP contribution in [0.15, 0.2) is 54.6 Å². The van der Waals surface area contributed by atoms with E-state index in [9.17, 15) is 18.5 Å². The summed E-state index contributed by atoms with van der Waals surface area (Å²) in [5.74, 6) is 1.01. The number of aryl methyl sites for hydroxylation is 1. The minimum absolute atomic E-state index is 0.00825. The molecule has 0 amide bonds. The van der Waals surface area contributed by atoms with Gasteiger partial charge in [-0.3, -0.25) is 10.1 Å². The van der Waals surface area contributed by atoms with Gasteiger partial charge in [-0.05, 0) is 36.7 Å². The second-order valence-electron chi connectivity index (χ2n) is 6.86. The van der Waals surface area contributed by atoms with Gasteiger partial charge in [0.25, 0.3) is 5.69 Å². The van der Waals surface area contributed by atoms with Gasteiger partial charge >= 0.3 is 0 Å².